The van der Waals surface area contributed by atoms with Gasteiger partial charge in [-0.3, -0.25) is 0 Å². The summed E-state index contributed by atoms with van der Waals surface area (Å²) in [6.45, 7) is 5.68. The number of halogens is 1. The summed E-state index contributed by atoms with van der Waals surface area (Å²) in [5.41, 5.74) is 0. The maximum absolute atomic E-state index is 5.69. The van der Waals surface area contributed by atoms with Gasteiger partial charge in [0.2, 0.25) is 0 Å². The minimum atomic E-state index is 0.588. The highest BCUT2D eigenvalue weighted by Gasteiger charge is 2.07. The molecule has 0 bridgehead atoms. The quantitative estimate of drug-likeness (QED) is 0.710. The highest BCUT2D eigenvalue weighted by molar-refractivity contribution is 9.10. The van der Waals surface area contributed by atoms with Gasteiger partial charge in [-0.1, -0.05) is 6.07 Å². The largest absolute Gasteiger partial charge is 0.493 e. The SMILES string of the molecule is CCOCCNCCOc1c(Br)cccc1OC. The van der Waals surface area contributed by atoms with E-state index in [-0.39, 0.29) is 0 Å². The van der Waals surface area contributed by atoms with E-state index in [4.69, 9.17) is 14.2 Å². The predicted molar refractivity (Wildman–Crippen MR) is 75.6 cm³/mol. The minimum absolute atomic E-state index is 0.588. The van der Waals surface area contributed by atoms with Crippen LogP contribution in [0, 0.1) is 0 Å². The molecule has 0 atom stereocenters. The number of hydrogen-bond donors (Lipinski definition) is 1. The van der Waals surface area contributed by atoms with Crippen molar-refractivity contribution in [3.05, 3.63) is 22.7 Å². The summed E-state index contributed by atoms with van der Waals surface area (Å²) in [5.74, 6) is 1.48. The first kappa shape index (κ1) is 15.3. The maximum Gasteiger partial charge on any atom is 0.175 e. The fraction of sp³-hybridized carbons (Fsp3) is 0.538. The Bertz CT molecular complexity index is 347. The molecule has 0 aliphatic rings. The Labute approximate surface area is 117 Å². The number of hydrogen-bond acceptors (Lipinski definition) is 4. The Hall–Kier alpha value is -0.780. The van der Waals surface area contributed by atoms with Crippen LogP contribution in [0.1, 0.15) is 6.92 Å². The average Bonchev–Trinajstić information content (AvgIpc) is 2.39. The van der Waals surface area contributed by atoms with E-state index < -0.39 is 0 Å². The summed E-state index contributed by atoms with van der Waals surface area (Å²) in [4.78, 5) is 0. The Morgan fingerprint density at radius 2 is 2.00 bits per heavy atom. The topological polar surface area (TPSA) is 39.7 Å². The van der Waals surface area contributed by atoms with Crippen molar-refractivity contribution in [1.29, 1.82) is 0 Å². The predicted octanol–water partition coefficient (Wildman–Crippen LogP) is 2.46. The van der Waals surface area contributed by atoms with Crippen LogP contribution >= 0.6 is 15.9 Å². The average molecular weight is 318 g/mol. The van der Waals surface area contributed by atoms with Crippen LogP contribution in [0.25, 0.3) is 0 Å². The first-order valence-electron chi connectivity index (χ1n) is 6.03. The van der Waals surface area contributed by atoms with Crippen molar-refractivity contribution in [3.8, 4) is 11.5 Å². The van der Waals surface area contributed by atoms with E-state index in [1.165, 1.54) is 0 Å². The molecule has 4 nitrogen and oxygen atoms in total. The van der Waals surface area contributed by atoms with Gasteiger partial charge in [0, 0.05) is 19.7 Å². The number of ether oxygens (including phenoxy) is 3. The molecule has 0 aliphatic heterocycles. The van der Waals surface area contributed by atoms with Crippen molar-refractivity contribution in [2.75, 3.05) is 40.0 Å². The van der Waals surface area contributed by atoms with Crippen molar-refractivity contribution in [1.82, 2.24) is 5.32 Å². The lowest BCUT2D eigenvalue weighted by molar-refractivity contribution is 0.148. The first-order chi connectivity index (χ1) is 8.79. The Kier molecular flexibility index (Phi) is 7.80. The third-order valence-corrected chi connectivity index (χ3v) is 2.93. The molecule has 0 fully saturated rings. The molecular formula is C13H20BrNO3. The summed E-state index contributed by atoms with van der Waals surface area (Å²) in [5, 5.41) is 3.24. The van der Waals surface area contributed by atoms with Crippen LogP contribution in [0.5, 0.6) is 11.5 Å². The van der Waals surface area contributed by atoms with Gasteiger partial charge in [-0.15, -0.1) is 0 Å². The van der Waals surface area contributed by atoms with E-state index in [0.717, 1.165) is 42.3 Å². The molecule has 102 valence electrons. The van der Waals surface area contributed by atoms with Crippen molar-refractivity contribution in [2.24, 2.45) is 0 Å². The van der Waals surface area contributed by atoms with E-state index in [1.54, 1.807) is 7.11 Å². The molecule has 1 rings (SSSR count). The monoisotopic (exact) mass is 317 g/mol. The summed E-state index contributed by atoms with van der Waals surface area (Å²) in [6.07, 6.45) is 0. The van der Waals surface area contributed by atoms with Gasteiger partial charge in [-0.2, -0.15) is 0 Å². The van der Waals surface area contributed by atoms with Crippen LogP contribution in [-0.2, 0) is 4.74 Å². The van der Waals surface area contributed by atoms with E-state index in [2.05, 4.69) is 21.2 Å². The third kappa shape index (κ3) is 5.25. The Morgan fingerprint density at radius 1 is 1.22 bits per heavy atom. The molecule has 0 saturated carbocycles. The van der Waals surface area contributed by atoms with Gasteiger partial charge in [0.15, 0.2) is 11.5 Å². The first-order valence-corrected chi connectivity index (χ1v) is 6.82. The van der Waals surface area contributed by atoms with Gasteiger partial charge < -0.3 is 19.5 Å². The van der Waals surface area contributed by atoms with Gasteiger partial charge in [0.05, 0.1) is 18.2 Å². The second-order valence-corrected chi connectivity index (χ2v) is 4.42. The number of benzene rings is 1. The zero-order chi connectivity index (χ0) is 13.2. The molecule has 0 spiro atoms. The lowest BCUT2D eigenvalue weighted by Gasteiger charge is -2.12. The van der Waals surface area contributed by atoms with Crippen LogP contribution < -0.4 is 14.8 Å². The summed E-state index contributed by atoms with van der Waals surface area (Å²) in [6, 6.07) is 5.72. The van der Waals surface area contributed by atoms with Gasteiger partial charge in [0.25, 0.3) is 0 Å². The molecule has 1 aromatic carbocycles. The lowest BCUT2D eigenvalue weighted by Crippen LogP contribution is -2.25. The van der Waals surface area contributed by atoms with Gasteiger partial charge >= 0.3 is 0 Å². The summed E-state index contributed by atoms with van der Waals surface area (Å²) >= 11 is 3.45. The maximum atomic E-state index is 5.69. The van der Waals surface area contributed by atoms with E-state index in [0.29, 0.717) is 6.61 Å². The van der Waals surface area contributed by atoms with Gasteiger partial charge in [-0.05, 0) is 35.0 Å². The van der Waals surface area contributed by atoms with Crippen molar-refractivity contribution < 1.29 is 14.2 Å². The van der Waals surface area contributed by atoms with E-state index >= 15 is 0 Å². The lowest BCUT2D eigenvalue weighted by atomic mass is 10.3. The fourth-order valence-electron chi connectivity index (χ4n) is 1.43. The minimum Gasteiger partial charge on any atom is -0.493 e. The highest BCUT2D eigenvalue weighted by Crippen LogP contribution is 2.34. The smallest absolute Gasteiger partial charge is 0.175 e. The molecule has 5 heteroatoms. The molecule has 1 N–H and O–H groups in total. The number of rotatable bonds is 9. The molecular weight excluding hydrogens is 298 g/mol. The number of nitrogens with one attached hydrogen (secondary N) is 1. The molecule has 0 radical (unpaired) electrons. The zero-order valence-electron chi connectivity index (χ0n) is 10.9. The number of para-hydroxylation sites is 1. The molecule has 0 aliphatic carbocycles. The van der Waals surface area contributed by atoms with Crippen molar-refractivity contribution in [3.63, 3.8) is 0 Å². The van der Waals surface area contributed by atoms with Crippen LogP contribution in [0.15, 0.2) is 22.7 Å². The highest BCUT2D eigenvalue weighted by atomic mass is 79.9. The fourth-order valence-corrected chi connectivity index (χ4v) is 1.89. The molecule has 0 aromatic heterocycles. The normalized spacial score (nSPS) is 10.4. The van der Waals surface area contributed by atoms with Crippen LogP contribution in [0.2, 0.25) is 0 Å². The van der Waals surface area contributed by atoms with E-state index in [1.807, 2.05) is 25.1 Å². The van der Waals surface area contributed by atoms with Crippen LogP contribution in [-0.4, -0.2) is 40.0 Å². The third-order valence-electron chi connectivity index (χ3n) is 2.30. The molecule has 18 heavy (non-hydrogen) atoms. The molecule has 0 amide bonds. The molecule has 0 unspecified atom stereocenters. The zero-order valence-corrected chi connectivity index (χ0v) is 12.5. The second kappa shape index (κ2) is 9.19. The summed E-state index contributed by atoms with van der Waals surface area (Å²) < 4.78 is 17.1. The molecule has 0 heterocycles. The molecule has 1 aromatic rings. The van der Waals surface area contributed by atoms with Crippen LogP contribution in [0.4, 0.5) is 0 Å². The Balaban J connectivity index is 2.26. The second-order valence-electron chi connectivity index (χ2n) is 3.57. The van der Waals surface area contributed by atoms with E-state index in [9.17, 15) is 0 Å². The summed E-state index contributed by atoms with van der Waals surface area (Å²) in [7, 11) is 1.63. The molecule has 0 saturated heterocycles. The van der Waals surface area contributed by atoms with Gasteiger partial charge in [0.1, 0.15) is 6.61 Å². The standard InChI is InChI=1S/C13H20BrNO3/c1-3-17-9-7-15-8-10-18-13-11(14)5-4-6-12(13)16-2/h4-6,15H,3,7-10H2,1-2H3. The van der Waals surface area contributed by atoms with Gasteiger partial charge in [-0.25, -0.2) is 0 Å². The van der Waals surface area contributed by atoms with Crippen molar-refractivity contribution >= 4 is 15.9 Å². The van der Waals surface area contributed by atoms with Crippen molar-refractivity contribution in [2.45, 2.75) is 6.92 Å². The Morgan fingerprint density at radius 3 is 2.72 bits per heavy atom. The van der Waals surface area contributed by atoms with Crippen LogP contribution in [0.3, 0.4) is 0 Å². The number of methoxy groups -OCH3 is 1.